The van der Waals surface area contributed by atoms with Crippen molar-refractivity contribution >= 4 is 11.5 Å². The standard InChI is InChI=1S/C18H17FN2O/c1-20-16-12-21(11-13-5-3-2-4-6-13)18(22)17(16)14-7-9-15(19)10-8-14/h2-10,20H,11-12H2,1H3. The number of halogens is 1. The molecule has 3 nitrogen and oxygen atoms in total. The van der Waals surface area contributed by atoms with Crippen molar-refractivity contribution in [1.29, 1.82) is 0 Å². The van der Waals surface area contributed by atoms with Crippen molar-refractivity contribution in [3.05, 3.63) is 77.2 Å². The summed E-state index contributed by atoms with van der Waals surface area (Å²) in [7, 11) is 1.80. The number of rotatable bonds is 4. The lowest BCUT2D eigenvalue weighted by Crippen LogP contribution is -2.27. The smallest absolute Gasteiger partial charge is 0.256 e. The molecule has 1 aliphatic rings. The lowest BCUT2D eigenvalue weighted by Gasteiger charge is -2.17. The molecule has 112 valence electrons. The van der Waals surface area contributed by atoms with Crippen LogP contribution in [-0.2, 0) is 11.3 Å². The Morgan fingerprint density at radius 1 is 1.09 bits per heavy atom. The Kier molecular flexibility index (Phi) is 3.92. The minimum absolute atomic E-state index is 0.0280. The number of hydrogen-bond donors (Lipinski definition) is 1. The molecule has 0 atom stereocenters. The summed E-state index contributed by atoms with van der Waals surface area (Å²) in [6.07, 6.45) is 0. The van der Waals surface area contributed by atoms with Crippen molar-refractivity contribution in [2.75, 3.05) is 13.6 Å². The number of carbonyl (C=O) groups is 1. The van der Waals surface area contributed by atoms with Gasteiger partial charge in [-0.25, -0.2) is 4.39 Å². The maximum atomic E-state index is 13.1. The second kappa shape index (κ2) is 6.02. The van der Waals surface area contributed by atoms with Crippen molar-refractivity contribution in [2.45, 2.75) is 6.54 Å². The second-order valence-corrected chi connectivity index (χ2v) is 5.26. The van der Waals surface area contributed by atoms with Crippen molar-refractivity contribution in [3.63, 3.8) is 0 Å². The van der Waals surface area contributed by atoms with Gasteiger partial charge in [-0.1, -0.05) is 42.5 Å². The summed E-state index contributed by atoms with van der Waals surface area (Å²) in [5, 5.41) is 3.10. The third-order valence-corrected chi connectivity index (χ3v) is 3.80. The summed E-state index contributed by atoms with van der Waals surface area (Å²) in [6.45, 7) is 1.10. The van der Waals surface area contributed by atoms with Crippen LogP contribution in [0, 0.1) is 5.82 Å². The molecule has 2 aromatic carbocycles. The molecule has 4 heteroatoms. The molecule has 1 aliphatic heterocycles. The molecule has 1 N–H and O–H groups in total. The summed E-state index contributed by atoms with van der Waals surface area (Å²) in [4.78, 5) is 14.5. The first-order valence-corrected chi connectivity index (χ1v) is 7.19. The Morgan fingerprint density at radius 3 is 2.41 bits per heavy atom. The Labute approximate surface area is 129 Å². The van der Waals surface area contributed by atoms with E-state index in [1.807, 2.05) is 30.3 Å². The molecule has 0 saturated carbocycles. The Hall–Kier alpha value is -2.62. The summed E-state index contributed by atoms with van der Waals surface area (Å²) in [5.41, 5.74) is 3.32. The molecule has 1 heterocycles. The van der Waals surface area contributed by atoms with Gasteiger partial charge in [0.15, 0.2) is 0 Å². The maximum Gasteiger partial charge on any atom is 0.256 e. The van der Waals surface area contributed by atoms with Crippen LogP contribution in [0.4, 0.5) is 4.39 Å². The largest absolute Gasteiger partial charge is 0.389 e. The van der Waals surface area contributed by atoms with E-state index in [9.17, 15) is 9.18 Å². The van der Waals surface area contributed by atoms with E-state index in [1.54, 1.807) is 24.1 Å². The SMILES string of the molecule is CNC1=C(c2ccc(F)cc2)C(=O)N(Cc2ccccc2)C1. The van der Waals surface area contributed by atoms with Gasteiger partial charge >= 0.3 is 0 Å². The van der Waals surface area contributed by atoms with E-state index in [4.69, 9.17) is 0 Å². The minimum Gasteiger partial charge on any atom is -0.389 e. The third kappa shape index (κ3) is 2.72. The fraction of sp³-hybridized carbons (Fsp3) is 0.167. The molecule has 0 unspecified atom stereocenters. The Balaban J connectivity index is 1.86. The normalized spacial score (nSPS) is 14.6. The van der Waals surface area contributed by atoms with Crippen LogP contribution in [0.2, 0.25) is 0 Å². The average molecular weight is 296 g/mol. The predicted molar refractivity (Wildman–Crippen MR) is 84.2 cm³/mol. The summed E-state index contributed by atoms with van der Waals surface area (Å²) < 4.78 is 13.1. The van der Waals surface area contributed by atoms with Crippen molar-refractivity contribution in [3.8, 4) is 0 Å². The van der Waals surface area contributed by atoms with Crippen molar-refractivity contribution in [2.24, 2.45) is 0 Å². The zero-order valence-electron chi connectivity index (χ0n) is 12.3. The first-order chi connectivity index (χ1) is 10.7. The number of likely N-dealkylation sites (N-methyl/N-ethyl adjacent to an activating group) is 1. The fourth-order valence-corrected chi connectivity index (χ4v) is 2.68. The Morgan fingerprint density at radius 2 is 1.77 bits per heavy atom. The number of nitrogens with one attached hydrogen (secondary N) is 1. The van der Waals surface area contributed by atoms with Crippen molar-refractivity contribution < 1.29 is 9.18 Å². The molecule has 0 saturated heterocycles. The third-order valence-electron chi connectivity index (χ3n) is 3.80. The van der Waals surface area contributed by atoms with Crippen LogP contribution >= 0.6 is 0 Å². The van der Waals surface area contributed by atoms with Gasteiger partial charge in [0.1, 0.15) is 5.82 Å². The second-order valence-electron chi connectivity index (χ2n) is 5.26. The monoisotopic (exact) mass is 296 g/mol. The molecule has 0 bridgehead atoms. The van der Waals surface area contributed by atoms with Crippen LogP contribution in [0.25, 0.3) is 5.57 Å². The first-order valence-electron chi connectivity index (χ1n) is 7.19. The van der Waals surface area contributed by atoms with E-state index in [0.29, 0.717) is 18.7 Å². The zero-order valence-corrected chi connectivity index (χ0v) is 12.3. The topological polar surface area (TPSA) is 32.3 Å². The molecule has 0 radical (unpaired) electrons. The summed E-state index contributed by atoms with van der Waals surface area (Å²) in [6, 6.07) is 15.9. The van der Waals surface area contributed by atoms with Gasteiger partial charge in [-0.2, -0.15) is 0 Å². The van der Waals surface area contributed by atoms with Crippen LogP contribution < -0.4 is 5.32 Å². The van der Waals surface area contributed by atoms with Gasteiger partial charge in [-0.15, -0.1) is 0 Å². The van der Waals surface area contributed by atoms with Crippen LogP contribution in [-0.4, -0.2) is 24.4 Å². The van der Waals surface area contributed by atoms with Gasteiger partial charge in [0.25, 0.3) is 5.91 Å². The highest BCUT2D eigenvalue weighted by molar-refractivity contribution is 6.22. The van der Waals surface area contributed by atoms with Gasteiger partial charge in [-0.3, -0.25) is 4.79 Å². The van der Waals surface area contributed by atoms with Gasteiger partial charge in [-0.05, 0) is 23.3 Å². The molecular weight excluding hydrogens is 279 g/mol. The van der Waals surface area contributed by atoms with Crippen molar-refractivity contribution in [1.82, 2.24) is 10.2 Å². The predicted octanol–water partition coefficient (Wildman–Crippen LogP) is 2.80. The summed E-state index contributed by atoms with van der Waals surface area (Å²) in [5.74, 6) is -0.332. The van der Waals surface area contributed by atoms with Gasteiger partial charge in [0.2, 0.25) is 0 Å². The fourth-order valence-electron chi connectivity index (χ4n) is 2.68. The lowest BCUT2D eigenvalue weighted by atomic mass is 10.0. The molecular formula is C18H17FN2O. The molecule has 0 aliphatic carbocycles. The summed E-state index contributed by atoms with van der Waals surface area (Å²) >= 11 is 0. The van der Waals surface area contributed by atoms with E-state index < -0.39 is 0 Å². The van der Waals surface area contributed by atoms with Crippen LogP contribution in [0.15, 0.2) is 60.3 Å². The van der Waals surface area contributed by atoms with Crippen LogP contribution in [0.5, 0.6) is 0 Å². The highest BCUT2D eigenvalue weighted by Gasteiger charge is 2.30. The highest BCUT2D eigenvalue weighted by atomic mass is 19.1. The molecule has 3 rings (SSSR count). The molecule has 0 spiro atoms. The number of hydrogen-bond acceptors (Lipinski definition) is 2. The molecule has 1 amide bonds. The Bertz CT molecular complexity index is 708. The maximum absolute atomic E-state index is 13.1. The first kappa shape index (κ1) is 14.3. The van der Waals surface area contributed by atoms with E-state index in [2.05, 4.69) is 5.32 Å². The number of carbonyl (C=O) groups excluding carboxylic acids is 1. The van der Waals surface area contributed by atoms with Gasteiger partial charge in [0, 0.05) is 19.3 Å². The van der Waals surface area contributed by atoms with Gasteiger partial charge in [0.05, 0.1) is 12.1 Å². The molecule has 2 aromatic rings. The number of amides is 1. The van der Waals surface area contributed by atoms with E-state index in [0.717, 1.165) is 16.8 Å². The molecule has 0 fully saturated rings. The average Bonchev–Trinajstić information content (AvgIpc) is 2.85. The highest BCUT2D eigenvalue weighted by Crippen LogP contribution is 2.28. The number of benzene rings is 2. The quantitative estimate of drug-likeness (QED) is 0.941. The molecule has 0 aromatic heterocycles. The molecule has 22 heavy (non-hydrogen) atoms. The van der Waals surface area contributed by atoms with E-state index >= 15 is 0 Å². The zero-order chi connectivity index (χ0) is 15.5. The number of nitrogens with zero attached hydrogens (tertiary/aromatic N) is 1. The van der Waals surface area contributed by atoms with E-state index in [1.165, 1.54) is 12.1 Å². The minimum atomic E-state index is -0.304. The van der Waals surface area contributed by atoms with Crippen LogP contribution in [0.1, 0.15) is 11.1 Å². The lowest BCUT2D eigenvalue weighted by molar-refractivity contribution is -0.124. The van der Waals surface area contributed by atoms with Gasteiger partial charge < -0.3 is 10.2 Å². The van der Waals surface area contributed by atoms with E-state index in [-0.39, 0.29) is 11.7 Å². The van der Waals surface area contributed by atoms with Crippen LogP contribution in [0.3, 0.4) is 0 Å².